The monoisotopic (exact) mass is 468 g/mol. The number of nitrogens with zero attached hydrogens (tertiary/aromatic N) is 4. The fourth-order valence-electron chi connectivity index (χ4n) is 3.23. The highest BCUT2D eigenvalue weighted by Gasteiger charge is 2.31. The first kappa shape index (κ1) is 22.2. The Bertz CT molecular complexity index is 1180. The van der Waals surface area contributed by atoms with Crippen molar-refractivity contribution in [3.05, 3.63) is 71.6 Å². The number of sulfonamides is 1. The molecule has 4 rings (SSSR count). The van der Waals surface area contributed by atoms with E-state index < -0.39 is 26.6 Å². The molecule has 12 heteroatoms. The standard InChI is InChI=1S/C20H19F3N4O4S/c21-14-1-4-16(5-2-14)30-13-19-24-20(31-25-19)12-26-7-9-27(10-8-26)32(28,29)18-6-3-15(22)11-17(18)23/h1-6,11H,7-10,12-13H2. The molecule has 3 aromatic rings. The molecular formula is C20H19F3N4O4S. The molecule has 1 aliphatic heterocycles. The highest BCUT2D eigenvalue weighted by Crippen LogP contribution is 2.22. The number of hydrogen-bond acceptors (Lipinski definition) is 7. The Labute approximate surface area is 182 Å². The Morgan fingerprint density at radius 2 is 1.66 bits per heavy atom. The van der Waals surface area contributed by atoms with Crippen LogP contribution in [0.4, 0.5) is 13.2 Å². The number of halogens is 3. The van der Waals surface area contributed by atoms with Gasteiger partial charge < -0.3 is 9.26 Å². The van der Waals surface area contributed by atoms with E-state index in [0.29, 0.717) is 43.2 Å². The maximum atomic E-state index is 13.9. The molecule has 0 saturated carbocycles. The maximum absolute atomic E-state index is 13.9. The molecule has 1 aromatic heterocycles. The normalized spacial score (nSPS) is 15.7. The number of hydrogen-bond donors (Lipinski definition) is 0. The van der Waals surface area contributed by atoms with Crippen molar-refractivity contribution in [3.8, 4) is 5.75 Å². The zero-order valence-electron chi connectivity index (χ0n) is 16.7. The van der Waals surface area contributed by atoms with Crippen LogP contribution in [0.3, 0.4) is 0 Å². The van der Waals surface area contributed by atoms with Gasteiger partial charge in [0.25, 0.3) is 0 Å². The van der Waals surface area contributed by atoms with Crippen LogP contribution in [0.25, 0.3) is 0 Å². The second-order valence-corrected chi connectivity index (χ2v) is 9.01. The number of piperazine rings is 1. The quantitative estimate of drug-likeness (QED) is 0.527. The molecule has 0 atom stereocenters. The fraction of sp³-hybridized carbons (Fsp3) is 0.300. The summed E-state index contributed by atoms with van der Waals surface area (Å²) in [5.41, 5.74) is 0. The van der Waals surface area contributed by atoms with E-state index in [-0.39, 0.29) is 25.5 Å². The average molecular weight is 468 g/mol. The van der Waals surface area contributed by atoms with E-state index in [1.165, 1.54) is 24.3 Å². The minimum absolute atomic E-state index is 0.0460. The third kappa shape index (κ3) is 5.09. The summed E-state index contributed by atoms with van der Waals surface area (Å²) >= 11 is 0. The summed E-state index contributed by atoms with van der Waals surface area (Å²) in [6.45, 7) is 1.35. The zero-order valence-corrected chi connectivity index (χ0v) is 17.6. The van der Waals surface area contributed by atoms with Crippen LogP contribution >= 0.6 is 0 Å². The van der Waals surface area contributed by atoms with Gasteiger partial charge in [-0.1, -0.05) is 5.16 Å². The van der Waals surface area contributed by atoms with Crippen LogP contribution in [-0.4, -0.2) is 53.9 Å². The molecule has 0 spiro atoms. The number of ether oxygens (including phenoxy) is 1. The van der Waals surface area contributed by atoms with Gasteiger partial charge in [-0.2, -0.15) is 9.29 Å². The van der Waals surface area contributed by atoms with Crippen molar-refractivity contribution in [2.24, 2.45) is 0 Å². The van der Waals surface area contributed by atoms with Gasteiger partial charge in [0.2, 0.25) is 21.7 Å². The van der Waals surface area contributed by atoms with Crippen LogP contribution in [0.5, 0.6) is 5.75 Å². The lowest BCUT2D eigenvalue weighted by Gasteiger charge is -2.33. The van der Waals surface area contributed by atoms with Crippen molar-refractivity contribution in [3.63, 3.8) is 0 Å². The summed E-state index contributed by atoms with van der Waals surface area (Å²) in [4.78, 5) is 5.61. The minimum Gasteiger partial charge on any atom is -0.485 e. The number of rotatable bonds is 7. The van der Waals surface area contributed by atoms with Gasteiger partial charge in [-0.25, -0.2) is 21.6 Å². The van der Waals surface area contributed by atoms with Crippen molar-refractivity contribution in [1.29, 1.82) is 0 Å². The minimum atomic E-state index is -4.06. The molecule has 2 heterocycles. The van der Waals surface area contributed by atoms with E-state index in [0.717, 1.165) is 16.4 Å². The third-order valence-corrected chi connectivity index (χ3v) is 6.83. The van der Waals surface area contributed by atoms with Crippen LogP contribution < -0.4 is 4.74 Å². The van der Waals surface area contributed by atoms with Crippen molar-refractivity contribution >= 4 is 10.0 Å². The Hall–Kier alpha value is -2.96. The SMILES string of the molecule is O=S(=O)(c1ccc(F)cc1F)N1CCN(Cc2nc(COc3ccc(F)cc3)no2)CC1. The van der Waals surface area contributed by atoms with Crippen molar-refractivity contribution in [1.82, 2.24) is 19.3 Å². The Kier molecular flexibility index (Phi) is 6.44. The van der Waals surface area contributed by atoms with Crippen LogP contribution in [0.15, 0.2) is 51.9 Å². The summed E-state index contributed by atoms with van der Waals surface area (Å²) in [5, 5.41) is 3.83. The lowest BCUT2D eigenvalue weighted by atomic mass is 10.3. The van der Waals surface area contributed by atoms with Gasteiger partial charge in [-0.15, -0.1) is 0 Å². The van der Waals surface area contributed by atoms with Crippen LogP contribution in [-0.2, 0) is 23.2 Å². The van der Waals surface area contributed by atoms with Gasteiger partial charge in [0, 0.05) is 32.2 Å². The summed E-state index contributed by atoms with van der Waals surface area (Å²) in [6, 6.07) is 7.93. The predicted molar refractivity (Wildman–Crippen MR) is 105 cm³/mol. The third-order valence-electron chi connectivity index (χ3n) is 4.89. The molecule has 0 N–H and O–H groups in total. The lowest BCUT2D eigenvalue weighted by Crippen LogP contribution is -2.48. The van der Waals surface area contributed by atoms with E-state index in [4.69, 9.17) is 9.26 Å². The molecule has 1 fully saturated rings. The smallest absolute Gasteiger partial charge is 0.246 e. The lowest BCUT2D eigenvalue weighted by molar-refractivity contribution is 0.163. The van der Waals surface area contributed by atoms with E-state index in [1.54, 1.807) is 0 Å². The molecule has 1 aliphatic rings. The Morgan fingerprint density at radius 1 is 0.969 bits per heavy atom. The van der Waals surface area contributed by atoms with Gasteiger partial charge in [-0.3, -0.25) is 4.90 Å². The van der Waals surface area contributed by atoms with Gasteiger partial charge in [0.1, 0.15) is 28.1 Å². The van der Waals surface area contributed by atoms with E-state index in [1.807, 2.05) is 4.90 Å². The molecule has 0 amide bonds. The number of aromatic nitrogens is 2. The van der Waals surface area contributed by atoms with Crippen molar-refractivity contribution in [2.75, 3.05) is 26.2 Å². The molecule has 2 aromatic carbocycles. The molecule has 1 saturated heterocycles. The fourth-order valence-corrected chi connectivity index (χ4v) is 4.70. The molecule has 0 radical (unpaired) electrons. The number of benzene rings is 2. The van der Waals surface area contributed by atoms with E-state index in [9.17, 15) is 21.6 Å². The highest BCUT2D eigenvalue weighted by molar-refractivity contribution is 7.89. The second kappa shape index (κ2) is 9.27. The molecule has 0 unspecified atom stereocenters. The first-order chi connectivity index (χ1) is 15.3. The van der Waals surface area contributed by atoms with Gasteiger partial charge >= 0.3 is 0 Å². The van der Waals surface area contributed by atoms with Gasteiger partial charge in [0.15, 0.2) is 6.61 Å². The highest BCUT2D eigenvalue weighted by atomic mass is 32.2. The topological polar surface area (TPSA) is 88.8 Å². The molecule has 170 valence electrons. The van der Waals surface area contributed by atoms with Crippen LogP contribution in [0.2, 0.25) is 0 Å². The van der Waals surface area contributed by atoms with Gasteiger partial charge in [-0.05, 0) is 36.4 Å². The Morgan fingerprint density at radius 3 is 2.34 bits per heavy atom. The molecule has 0 aliphatic carbocycles. The van der Waals surface area contributed by atoms with Gasteiger partial charge in [0.05, 0.1) is 6.54 Å². The van der Waals surface area contributed by atoms with Crippen LogP contribution in [0.1, 0.15) is 11.7 Å². The summed E-state index contributed by atoms with van der Waals surface area (Å²) in [5.74, 6) is -1.20. The Balaban J connectivity index is 1.30. The predicted octanol–water partition coefficient (Wildman–Crippen LogP) is 2.57. The molecule has 0 bridgehead atoms. The average Bonchev–Trinajstić information content (AvgIpc) is 3.21. The van der Waals surface area contributed by atoms with Crippen molar-refractivity contribution < 1.29 is 30.8 Å². The zero-order chi connectivity index (χ0) is 22.7. The molecular weight excluding hydrogens is 449 g/mol. The second-order valence-electron chi connectivity index (χ2n) is 7.10. The maximum Gasteiger partial charge on any atom is 0.246 e. The molecule has 32 heavy (non-hydrogen) atoms. The summed E-state index contributed by atoms with van der Waals surface area (Å²) < 4.78 is 77.1. The first-order valence-electron chi connectivity index (χ1n) is 9.68. The van der Waals surface area contributed by atoms with Crippen LogP contribution in [0, 0.1) is 17.5 Å². The molecule has 8 nitrogen and oxygen atoms in total. The van der Waals surface area contributed by atoms with E-state index >= 15 is 0 Å². The summed E-state index contributed by atoms with van der Waals surface area (Å²) in [7, 11) is -4.06. The first-order valence-corrected chi connectivity index (χ1v) is 11.1. The van der Waals surface area contributed by atoms with Crippen molar-refractivity contribution in [2.45, 2.75) is 18.0 Å². The van der Waals surface area contributed by atoms with E-state index in [2.05, 4.69) is 10.1 Å². The largest absolute Gasteiger partial charge is 0.485 e. The summed E-state index contributed by atoms with van der Waals surface area (Å²) in [6.07, 6.45) is 0.